The van der Waals surface area contributed by atoms with Crippen LogP contribution in [0.25, 0.3) is 0 Å². The van der Waals surface area contributed by atoms with Crippen LogP contribution < -0.4 is 0 Å². The maximum Gasteiger partial charge on any atom is 0.333 e. The number of hydrogen-bond donors (Lipinski definition) is 2. The van der Waals surface area contributed by atoms with Gasteiger partial charge in [0.25, 0.3) is 0 Å². The van der Waals surface area contributed by atoms with Gasteiger partial charge < -0.3 is 14.9 Å². The lowest BCUT2D eigenvalue weighted by atomic mass is 9.99. The Balaban J connectivity index is 1.89. The number of aliphatic hydroxyl groups is 1. The van der Waals surface area contributed by atoms with Crippen molar-refractivity contribution < 1.29 is 19.7 Å². The van der Waals surface area contributed by atoms with Gasteiger partial charge in [0.2, 0.25) is 0 Å². The normalized spacial score (nSPS) is 13.4. The average Bonchev–Trinajstić information content (AvgIpc) is 2.61. The van der Waals surface area contributed by atoms with Crippen molar-refractivity contribution >= 4 is 5.97 Å². The van der Waals surface area contributed by atoms with Crippen LogP contribution in [-0.2, 0) is 22.4 Å². The zero-order valence-corrected chi connectivity index (χ0v) is 13.9. The summed E-state index contributed by atoms with van der Waals surface area (Å²) < 4.78 is 5.23. The summed E-state index contributed by atoms with van der Waals surface area (Å²) in [5.74, 6) is -0.938. The highest BCUT2D eigenvalue weighted by Crippen LogP contribution is 2.19. The molecule has 0 amide bonds. The Kier molecular flexibility index (Phi) is 6.97. The molecule has 4 heteroatoms. The molecule has 2 rings (SSSR count). The number of carboxylic acid groups (broad SMARTS) is 1. The van der Waals surface area contributed by atoms with Gasteiger partial charge in [-0.25, -0.2) is 4.79 Å². The fourth-order valence-corrected chi connectivity index (χ4v) is 2.62. The Bertz CT molecular complexity index is 622. The molecule has 0 saturated heterocycles. The van der Waals surface area contributed by atoms with Gasteiger partial charge in [-0.1, -0.05) is 54.6 Å². The van der Waals surface area contributed by atoms with Gasteiger partial charge in [0.05, 0.1) is 6.10 Å². The first-order valence-electron chi connectivity index (χ1n) is 8.25. The molecule has 1 unspecified atom stereocenters. The van der Waals surface area contributed by atoms with E-state index in [0.29, 0.717) is 19.4 Å². The first kappa shape index (κ1) is 18.2. The van der Waals surface area contributed by atoms with Crippen LogP contribution in [0.1, 0.15) is 36.1 Å². The van der Waals surface area contributed by atoms with E-state index in [1.54, 1.807) is 6.92 Å². The lowest BCUT2D eigenvalue weighted by Gasteiger charge is -2.13. The Morgan fingerprint density at radius 3 is 2.25 bits per heavy atom. The highest BCUT2D eigenvalue weighted by Gasteiger charge is 2.17. The first-order chi connectivity index (χ1) is 11.6. The predicted molar refractivity (Wildman–Crippen MR) is 92.9 cm³/mol. The number of rotatable bonds is 9. The molecule has 0 aliphatic carbocycles. The second-order valence-corrected chi connectivity index (χ2v) is 5.77. The monoisotopic (exact) mass is 328 g/mol. The van der Waals surface area contributed by atoms with Gasteiger partial charge in [0.15, 0.2) is 6.10 Å². The summed E-state index contributed by atoms with van der Waals surface area (Å²) in [6.45, 7) is 2.17. The summed E-state index contributed by atoms with van der Waals surface area (Å²) >= 11 is 0. The fraction of sp³-hybridized carbons (Fsp3) is 0.350. The zero-order chi connectivity index (χ0) is 17.4. The van der Waals surface area contributed by atoms with Gasteiger partial charge in [-0.05, 0) is 36.5 Å². The Labute approximate surface area is 142 Å². The minimum Gasteiger partial charge on any atom is -0.479 e. The van der Waals surface area contributed by atoms with Crippen molar-refractivity contribution in [1.82, 2.24) is 0 Å². The summed E-state index contributed by atoms with van der Waals surface area (Å²) in [4.78, 5) is 11.1. The highest BCUT2D eigenvalue weighted by molar-refractivity contribution is 5.72. The molecule has 2 aromatic rings. The van der Waals surface area contributed by atoms with Gasteiger partial charge in [0, 0.05) is 13.0 Å². The van der Waals surface area contributed by atoms with Gasteiger partial charge in [-0.15, -0.1) is 0 Å². The van der Waals surface area contributed by atoms with Crippen molar-refractivity contribution in [2.45, 2.75) is 38.4 Å². The smallest absolute Gasteiger partial charge is 0.333 e. The molecule has 0 aromatic heterocycles. The number of aliphatic carboxylic acids is 1. The molecule has 2 atom stereocenters. The Hall–Kier alpha value is -2.17. The van der Waals surface area contributed by atoms with E-state index in [2.05, 4.69) is 0 Å². The maximum absolute atomic E-state index is 11.1. The summed E-state index contributed by atoms with van der Waals surface area (Å²) in [5.41, 5.74) is 2.98. The minimum atomic E-state index is -0.938. The van der Waals surface area contributed by atoms with Crippen LogP contribution in [0.3, 0.4) is 0 Å². The van der Waals surface area contributed by atoms with E-state index in [1.807, 2.05) is 54.6 Å². The van der Waals surface area contributed by atoms with E-state index in [0.717, 1.165) is 23.1 Å². The highest BCUT2D eigenvalue weighted by atomic mass is 16.5. The summed E-state index contributed by atoms with van der Waals surface area (Å²) in [5, 5.41) is 19.3. The second kappa shape index (κ2) is 9.21. The van der Waals surface area contributed by atoms with E-state index in [4.69, 9.17) is 9.84 Å². The van der Waals surface area contributed by atoms with Crippen LogP contribution in [0.4, 0.5) is 0 Å². The standard InChI is InChI=1S/C20H24O4/c1-2-24-19(20(22)23)14-16-10-8-15(9-11-16)12-13-18(21)17-6-4-3-5-7-17/h3-11,18-19,21H,2,12-14H2,1H3,(H,22,23)/t18?,19-/m1/s1. The summed E-state index contributed by atoms with van der Waals surface area (Å²) in [6, 6.07) is 17.5. The van der Waals surface area contributed by atoms with E-state index >= 15 is 0 Å². The molecule has 0 bridgehead atoms. The van der Waals surface area contributed by atoms with Crippen LogP contribution in [0.15, 0.2) is 54.6 Å². The molecule has 0 heterocycles. The van der Waals surface area contributed by atoms with Crippen molar-refractivity contribution in [3.05, 3.63) is 71.3 Å². The predicted octanol–water partition coefficient (Wildman–Crippen LogP) is 3.39. The summed E-state index contributed by atoms with van der Waals surface area (Å²) in [7, 11) is 0. The molecule has 0 spiro atoms. The van der Waals surface area contributed by atoms with Crippen LogP contribution in [0.2, 0.25) is 0 Å². The van der Waals surface area contributed by atoms with E-state index in [1.165, 1.54) is 0 Å². The molecule has 2 aromatic carbocycles. The van der Waals surface area contributed by atoms with Gasteiger partial charge >= 0.3 is 5.97 Å². The number of aryl methyl sites for hydroxylation is 1. The Morgan fingerprint density at radius 2 is 1.67 bits per heavy atom. The number of benzene rings is 2. The molecule has 0 radical (unpaired) electrons. The lowest BCUT2D eigenvalue weighted by Crippen LogP contribution is -2.26. The molecule has 2 N–H and O–H groups in total. The van der Waals surface area contributed by atoms with Crippen molar-refractivity contribution in [1.29, 1.82) is 0 Å². The Morgan fingerprint density at radius 1 is 1.04 bits per heavy atom. The largest absolute Gasteiger partial charge is 0.479 e. The molecule has 0 aliphatic heterocycles. The SMILES string of the molecule is CCO[C@H](Cc1ccc(CCC(O)c2ccccc2)cc1)C(=O)O. The second-order valence-electron chi connectivity index (χ2n) is 5.77. The molecular weight excluding hydrogens is 304 g/mol. The lowest BCUT2D eigenvalue weighted by molar-refractivity contribution is -0.149. The molecule has 0 aliphatic rings. The topological polar surface area (TPSA) is 66.8 Å². The first-order valence-corrected chi connectivity index (χ1v) is 8.25. The van der Waals surface area contributed by atoms with E-state index < -0.39 is 18.2 Å². The maximum atomic E-state index is 11.1. The van der Waals surface area contributed by atoms with Gasteiger partial charge in [0.1, 0.15) is 0 Å². The number of ether oxygens (including phenoxy) is 1. The quantitative estimate of drug-likeness (QED) is 0.740. The molecule has 24 heavy (non-hydrogen) atoms. The third-order valence-corrected chi connectivity index (χ3v) is 3.98. The molecule has 0 saturated carbocycles. The number of carbonyl (C=O) groups is 1. The van der Waals surface area contributed by atoms with E-state index in [-0.39, 0.29) is 0 Å². The fourth-order valence-electron chi connectivity index (χ4n) is 2.62. The van der Waals surface area contributed by atoms with Crippen molar-refractivity contribution in [2.24, 2.45) is 0 Å². The molecule has 4 nitrogen and oxygen atoms in total. The average molecular weight is 328 g/mol. The van der Waals surface area contributed by atoms with Gasteiger partial charge in [-0.3, -0.25) is 0 Å². The minimum absolute atomic E-state index is 0.357. The number of carboxylic acids is 1. The zero-order valence-electron chi connectivity index (χ0n) is 13.9. The van der Waals surface area contributed by atoms with Crippen LogP contribution in [0.5, 0.6) is 0 Å². The molecule has 0 fully saturated rings. The third kappa shape index (κ3) is 5.48. The van der Waals surface area contributed by atoms with E-state index in [9.17, 15) is 9.90 Å². The van der Waals surface area contributed by atoms with Crippen LogP contribution in [-0.4, -0.2) is 28.9 Å². The van der Waals surface area contributed by atoms with Crippen LogP contribution >= 0.6 is 0 Å². The van der Waals surface area contributed by atoms with Crippen molar-refractivity contribution in [2.75, 3.05) is 6.61 Å². The molecule has 128 valence electrons. The molecular formula is C20H24O4. The third-order valence-electron chi connectivity index (χ3n) is 3.98. The number of hydrogen-bond acceptors (Lipinski definition) is 3. The summed E-state index contributed by atoms with van der Waals surface area (Å²) in [6.07, 6.45) is 0.501. The number of aliphatic hydroxyl groups excluding tert-OH is 1. The van der Waals surface area contributed by atoms with Crippen LogP contribution in [0, 0.1) is 0 Å². The van der Waals surface area contributed by atoms with Gasteiger partial charge in [-0.2, -0.15) is 0 Å². The van der Waals surface area contributed by atoms with Crippen molar-refractivity contribution in [3.63, 3.8) is 0 Å². The van der Waals surface area contributed by atoms with Crippen molar-refractivity contribution in [3.8, 4) is 0 Å².